The van der Waals surface area contributed by atoms with Crippen molar-refractivity contribution in [3.05, 3.63) is 106 Å². The van der Waals surface area contributed by atoms with Crippen molar-refractivity contribution in [1.82, 2.24) is 5.32 Å². The van der Waals surface area contributed by atoms with E-state index in [9.17, 15) is 4.79 Å². The van der Waals surface area contributed by atoms with E-state index in [-0.39, 0.29) is 11.9 Å². The first-order valence-electron chi connectivity index (χ1n) is 9.62. The highest BCUT2D eigenvalue weighted by Crippen LogP contribution is 2.31. The van der Waals surface area contributed by atoms with Crippen LogP contribution in [0.5, 0.6) is 0 Å². The Morgan fingerprint density at radius 2 is 1.64 bits per heavy atom. The third-order valence-electron chi connectivity index (χ3n) is 5.21. The lowest BCUT2D eigenvalue weighted by Gasteiger charge is -2.27. The van der Waals surface area contributed by atoms with Gasteiger partial charge in [-0.15, -0.1) is 0 Å². The molecule has 4 rings (SSSR count). The number of aryl methyl sites for hydroxylation is 1. The number of benzene rings is 3. The minimum absolute atomic E-state index is 0.0378. The Morgan fingerprint density at radius 1 is 0.929 bits per heavy atom. The van der Waals surface area contributed by atoms with Crippen LogP contribution in [-0.2, 0) is 11.2 Å². The van der Waals surface area contributed by atoms with E-state index in [1.54, 1.807) is 0 Å². The third-order valence-corrected chi connectivity index (χ3v) is 5.55. The molecule has 0 bridgehead atoms. The molecule has 0 aliphatic heterocycles. The summed E-state index contributed by atoms with van der Waals surface area (Å²) in [6, 6.07) is 25.8. The van der Waals surface area contributed by atoms with Crippen LogP contribution in [0.2, 0.25) is 5.02 Å². The number of hydrogen-bond acceptors (Lipinski definition) is 1. The van der Waals surface area contributed by atoms with Crippen LogP contribution in [0.1, 0.15) is 41.1 Å². The van der Waals surface area contributed by atoms with E-state index in [4.69, 9.17) is 11.6 Å². The zero-order valence-electron chi connectivity index (χ0n) is 15.6. The molecule has 0 aromatic heterocycles. The van der Waals surface area contributed by atoms with Gasteiger partial charge in [0.25, 0.3) is 5.91 Å². The Kier molecular flexibility index (Phi) is 5.59. The summed E-state index contributed by atoms with van der Waals surface area (Å²) in [6.07, 6.45) is 4.99. The molecule has 0 saturated carbocycles. The molecular formula is C25H22ClNO. The molecule has 1 aliphatic carbocycles. The normalized spacial score (nSPS) is 16.3. The first kappa shape index (κ1) is 18.5. The van der Waals surface area contributed by atoms with Crippen LogP contribution >= 0.6 is 11.6 Å². The highest BCUT2D eigenvalue weighted by atomic mass is 35.5. The van der Waals surface area contributed by atoms with Crippen molar-refractivity contribution in [1.29, 1.82) is 0 Å². The second-order valence-corrected chi connectivity index (χ2v) is 7.47. The largest absolute Gasteiger partial charge is 0.345 e. The van der Waals surface area contributed by atoms with Gasteiger partial charge in [0.15, 0.2) is 0 Å². The topological polar surface area (TPSA) is 29.1 Å². The average Bonchev–Trinajstić information content (AvgIpc) is 2.74. The Hall–Kier alpha value is -2.84. The summed E-state index contributed by atoms with van der Waals surface area (Å²) in [5.74, 6) is -0.0761. The predicted octanol–water partition coefficient (Wildman–Crippen LogP) is 6.07. The van der Waals surface area contributed by atoms with Crippen LogP contribution in [0.15, 0.2) is 78.9 Å². The summed E-state index contributed by atoms with van der Waals surface area (Å²) in [5.41, 5.74) is 4.89. The monoisotopic (exact) mass is 387 g/mol. The molecule has 2 nitrogen and oxygen atoms in total. The van der Waals surface area contributed by atoms with Gasteiger partial charge < -0.3 is 5.32 Å². The fraction of sp³-hybridized carbons (Fsp3) is 0.160. The van der Waals surface area contributed by atoms with Gasteiger partial charge in [0, 0.05) is 10.6 Å². The smallest absolute Gasteiger partial charge is 0.252 e. The molecule has 0 spiro atoms. The van der Waals surface area contributed by atoms with Gasteiger partial charge in [0.2, 0.25) is 0 Å². The summed E-state index contributed by atoms with van der Waals surface area (Å²) in [7, 11) is 0. The number of fused-ring (bicyclic) bond motifs is 1. The Labute approximate surface area is 170 Å². The minimum Gasteiger partial charge on any atom is -0.345 e. The van der Waals surface area contributed by atoms with Gasteiger partial charge in [-0.3, -0.25) is 4.79 Å². The summed E-state index contributed by atoms with van der Waals surface area (Å²) < 4.78 is 0. The molecule has 1 atom stereocenters. The molecule has 0 saturated heterocycles. The van der Waals surface area contributed by atoms with E-state index in [0.29, 0.717) is 10.6 Å². The van der Waals surface area contributed by atoms with E-state index in [1.165, 1.54) is 11.1 Å². The molecule has 0 radical (unpaired) electrons. The van der Waals surface area contributed by atoms with E-state index in [1.807, 2.05) is 66.7 Å². The molecule has 140 valence electrons. The molecule has 0 fully saturated rings. The highest BCUT2D eigenvalue weighted by molar-refractivity contribution is 6.33. The number of amides is 1. The lowest BCUT2D eigenvalue weighted by atomic mass is 9.87. The molecule has 3 heteroatoms. The van der Waals surface area contributed by atoms with Crippen LogP contribution in [0.4, 0.5) is 0 Å². The van der Waals surface area contributed by atoms with E-state index >= 15 is 0 Å². The zero-order chi connectivity index (χ0) is 19.3. The lowest BCUT2D eigenvalue weighted by molar-refractivity contribution is -0.116. The molecule has 1 aliphatic rings. The quantitative estimate of drug-likeness (QED) is 0.427. The van der Waals surface area contributed by atoms with Crippen molar-refractivity contribution in [2.45, 2.75) is 25.3 Å². The molecule has 1 unspecified atom stereocenters. The average molecular weight is 388 g/mol. The summed E-state index contributed by atoms with van der Waals surface area (Å²) in [5, 5.41) is 3.89. The molecule has 1 amide bonds. The van der Waals surface area contributed by atoms with Crippen molar-refractivity contribution >= 4 is 29.2 Å². The Balaban J connectivity index is 1.68. The standard InChI is InChI=1S/C25H22ClNO/c26-23-15-7-5-12-20(23)17-22(19-9-2-1-3-10-19)25(28)27-24-16-8-13-18-11-4-6-14-21(18)24/h1-7,9-12,14-15,17,24H,8,13,16H2,(H,27,28)/b22-17+. The molecule has 0 heterocycles. The summed E-state index contributed by atoms with van der Waals surface area (Å²) in [4.78, 5) is 13.3. The minimum atomic E-state index is -0.0761. The fourth-order valence-corrected chi connectivity index (χ4v) is 3.98. The van der Waals surface area contributed by atoms with Gasteiger partial charge in [-0.25, -0.2) is 0 Å². The van der Waals surface area contributed by atoms with Gasteiger partial charge in [-0.1, -0.05) is 84.4 Å². The van der Waals surface area contributed by atoms with Crippen molar-refractivity contribution in [3.63, 3.8) is 0 Å². The van der Waals surface area contributed by atoms with Crippen LogP contribution in [-0.4, -0.2) is 5.91 Å². The van der Waals surface area contributed by atoms with Gasteiger partial charge >= 0.3 is 0 Å². The Morgan fingerprint density at radius 3 is 2.46 bits per heavy atom. The van der Waals surface area contributed by atoms with E-state index < -0.39 is 0 Å². The molecule has 3 aromatic rings. The van der Waals surface area contributed by atoms with Gasteiger partial charge in [-0.05, 0) is 53.7 Å². The third kappa shape index (κ3) is 4.02. The van der Waals surface area contributed by atoms with Gasteiger partial charge in [0.1, 0.15) is 0 Å². The number of carbonyl (C=O) groups is 1. The number of nitrogens with one attached hydrogen (secondary N) is 1. The van der Waals surface area contributed by atoms with E-state index in [0.717, 1.165) is 30.4 Å². The highest BCUT2D eigenvalue weighted by Gasteiger charge is 2.23. The first-order chi connectivity index (χ1) is 13.7. The second kappa shape index (κ2) is 8.45. The maximum absolute atomic E-state index is 13.3. The zero-order valence-corrected chi connectivity index (χ0v) is 16.3. The Bertz CT molecular complexity index is 1010. The molecule has 1 N–H and O–H groups in total. The van der Waals surface area contributed by atoms with Gasteiger partial charge in [0.05, 0.1) is 6.04 Å². The number of rotatable bonds is 4. The molecule has 28 heavy (non-hydrogen) atoms. The predicted molar refractivity (Wildman–Crippen MR) is 116 cm³/mol. The summed E-state index contributed by atoms with van der Waals surface area (Å²) >= 11 is 6.34. The second-order valence-electron chi connectivity index (χ2n) is 7.06. The number of halogens is 1. The van der Waals surface area contributed by atoms with Gasteiger partial charge in [-0.2, -0.15) is 0 Å². The molecular weight excluding hydrogens is 366 g/mol. The van der Waals surface area contributed by atoms with E-state index in [2.05, 4.69) is 23.5 Å². The fourth-order valence-electron chi connectivity index (χ4n) is 3.79. The van der Waals surface area contributed by atoms with Crippen LogP contribution in [0.3, 0.4) is 0 Å². The lowest BCUT2D eigenvalue weighted by Crippen LogP contribution is -2.31. The maximum Gasteiger partial charge on any atom is 0.252 e. The van der Waals surface area contributed by atoms with Crippen molar-refractivity contribution in [2.75, 3.05) is 0 Å². The first-order valence-corrected chi connectivity index (χ1v) is 10.0. The van der Waals surface area contributed by atoms with Crippen LogP contribution < -0.4 is 5.32 Å². The molecule has 3 aromatic carbocycles. The van der Waals surface area contributed by atoms with Crippen molar-refractivity contribution in [2.24, 2.45) is 0 Å². The number of carbonyl (C=O) groups excluding carboxylic acids is 1. The SMILES string of the molecule is O=C(NC1CCCc2ccccc21)/C(=C/c1ccccc1Cl)c1ccccc1. The summed E-state index contributed by atoms with van der Waals surface area (Å²) in [6.45, 7) is 0. The van der Waals surface area contributed by atoms with Crippen molar-refractivity contribution in [3.8, 4) is 0 Å². The maximum atomic E-state index is 13.3. The van der Waals surface area contributed by atoms with Crippen molar-refractivity contribution < 1.29 is 4.79 Å². The van der Waals surface area contributed by atoms with Crippen LogP contribution in [0, 0.1) is 0 Å². The van der Waals surface area contributed by atoms with Crippen LogP contribution in [0.25, 0.3) is 11.6 Å². The number of hydrogen-bond donors (Lipinski definition) is 1.